The fraction of sp³-hybridized carbons (Fsp3) is 0.100. The zero-order valence-corrected chi connectivity index (χ0v) is 7.69. The van der Waals surface area contributed by atoms with Crippen LogP contribution in [0.4, 0.5) is 5.69 Å². The molecule has 14 heavy (non-hydrogen) atoms. The number of ketones is 1. The van der Waals surface area contributed by atoms with Gasteiger partial charge in [0.1, 0.15) is 6.07 Å². The summed E-state index contributed by atoms with van der Waals surface area (Å²) >= 11 is 0. The predicted octanol–water partition coefficient (Wildman–Crippen LogP) is 1.54. The van der Waals surface area contributed by atoms with Crippen LogP contribution in [0.15, 0.2) is 29.4 Å². The lowest BCUT2D eigenvalue weighted by Crippen LogP contribution is -1.96. The van der Waals surface area contributed by atoms with E-state index < -0.39 is 0 Å². The molecule has 4 nitrogen and oxygen atoms in total. The third-order valence-electron chi connectivity index (χ3n) is 1.48. The maximum Gasteiger partial charge on any atom is 0.172 e. The van der Waals surface area contributed by atoms with Crippen LogP contribution in [-0.4, -0.2) is 12.0 Å². The number of rotatable bonds is 3. The van der Waals surface area contributed by atoms with Crippen LogP contribution >= 0.6 is 0 Å². The van der Waals surface area contributed by atoms with Gasteiger partial charge in [-0.3, -0.25) is 10.2 Å². The predicted molar refractivity (Wildman–Crippen MR) is 54.0 cm³/mol. The van der Waals surface area contributed by atoms with Crippen molar-refractivity contribution in [2.75, 3.05) is 5.43 Å². The Hall–Kier alpha value is -2.15. The first-order valence-corrected chi connectivity index (χ1v) is 4.03. The number of carbonyl (C=O) groups is 1. The van der Waals surface area contributed by atoms with E-state index in [4.69, 9.17) is 5.26 Å². The molecule has 0 bridgehead atoms. The van der Waals surface area contributed by atoms with Crippen molar-refractivity contribution >= 4 is 17.7 Å². The van der Waals surface area contributed by atoms with Gasteiger partial charge < -0.3 is 0 Å². The number of para-hydroxylation sites is 1. The number of nitrogens with one attached hydrogen (secondary N) is 1. The van der Waals surface area contributed by atoms with Crippen molar-refractivity contribution in [2.24, 2.45) is 5.10 Å². The number of hydrazone groups is 1. The van der Waals surface area contributed by atoms with Gasteiger partial charge in [0.2, 0.25) is 0 Å². The van der Waals surface area contributed by atoms with Crippen molar-refractivity contribution in [3.05, 3.63) is 29.8 Å². The summed E-state index contributed by atoms with van der Waals surface area (Å²) in [5.41, 5.74) is 3.71. The average Bonchev–Trinajstić information content (AvgIpc) is 2.18. The fourth-order valence-electron chi connectivity index (χ4n) is 0.871. The molecule has 0 saturated heterocycles. The van der Waals surface area contributed by atoms with Crippen molar-refractivity contribution in [2.45, 2.75) is 6.92 Å². The minimum atomic E-state index is -0.146. The van der Waals surface area contributed by atoms with Gasteiger partial charge in [-0.25, -0.2) is 0 Å². The maximum absolute atomic E-state index is 10.5. The van der Waals surface area contributed by atoms with Crippen molar-refractivity contribution in [3.63, 3.8) is 0 Å². The van der Waals surface area contributed by atoms with Gasteiger partial charge in [-0.1, -0.05) is 12.1 Å². The lowest BCUT2D eigenvalue weighted by Gasteiger charge is -2.00. The molecular formula is C10H9N3O. The van der Waals surface area contributed by atoms with Crippen LogP contribution in [-0.2, 0) is 4.79 Å². The van der Waals surface area contributed by atoms with E-state index >= 15 is 0 Å². The summed E-state index contributed by atoms with van der Waals surface area (Å²) in [6.07, 6.45) is 1.16. The van der Waals surface area contributed by atoms with Gasteiger partial charge in [-0.15, -0.1) is 0 Å². The number of hydrogen-bond acceptors (Lipinski definition) is 4. The van der Waals surface area contributed by atoms with Crippen molar-refractivity contribution in [1.82, 2.24) is 0 Å². The summed E-state index contributed by atoms with van der Waals surface area (Å²) in [6.45, 7) is 1.40. The zero-order chi connectivity index (χ0) is 10.4. The normalized spacial score (nSPS) is 9.71. The lowest BCUT2D eigenvalue weighted by molar-refractivity contribution is -0.110. The Morgan fingerprint density at radius 1 is 1.57 bits per heavy atom. The van der Waals surface area contributed by atoms with Crippen LogP contribution in [0.1, 0.15) is 12.5 Å². The average molecular weight is 187 g/mol. The molecule has 0 amide bonds. The minimum absolute atomic E-state index is 0.146. The van der Waals surface area contributed by atoms with Gasteiger partial charge in [0.15, 0.2) is 5.78 Å². The fourth-order valence-corrected chi connectivity index (χ4v) is 0.871. The maximum atomic E-state index is 10.5. The van der Waals surface area contributed by atoms with Gasteiger partial charge in [-0.2, -0.15) is 10.4 Å². The molecule has 0 atom stereocenters. The Kier molecular flexibility index (Phi) is 3.39. The van der Waals surface area contributed by atoms with Gasteiger partial charge in [0.25, 0.3) is 0 Å². The second-order valence-corrected chi connectivity index (χ2v) is 2.64. The number of carbonyl (C=O) groups excluding carboxylic acids is 1. The standard InChI is InChI=1S/C10H9N3O/c1-8(14)7-12-13-10-5-3-2-4-9(10)6-11/h2-5,7,13H,1H3/b12-7+. The van der Waals surface area contributed by atoms with Crippen LogP contribution in [0.25, 0.3) is 0 Å². The van der Waals surface area contributed by atoms with E-state index in [-0.39, 0.29) is 5.78 Å². The van der Waals surface area contributed by atoms with E-state index in [1.165, 1.54) is 6.92 Å². The molecule has 1 N–H and O–H groups in total. The second kappa shape index (κ2) is 4.77. The number of anilines is 1. The molecule has 0 aliphatic heterocycles. The molecule has 0 unspecified atom stereocenters. The Morgan fingerprint density at radius 3 is 2.93 bits per heavy atom. The van der Waals surface area contributed by atoms with Gasteiger partial charge in [-0.05, 0) is 12.1 Å². The number of benzene rings is 1. The van der Waals surface area contributed by atoms with E-state index in [0.29, 0.717) is 11.3 Å². The quantitative estimate of drug-likeness (QED) is 0.576. The monoisotopic (exact) mass is 187 g/mol. The van der Waals surface area contributed by atoms with Crippen LogP contribution in [0.3, 0.4) is 0 Å². The van der Waals surface area contributed by atoms with Crippen molar-refractivity contribution in [3.8, 4) is 6.07 Å². The minimum Gasteiger partial charge on any atom is -0.293 e. The third-order valence-corrected chi connectivity index (χ3v) is 1.48. The van der Waals surface area contributed by atoms with Gasteiger partial charge >= 0.3 is 0 Å². The first-order valence-electron chi connectivity index (χ1n) is 4.03. The molecule has 0 heterocycles. The Balaban J connectivity index is 2.77. The van der Waals surface area contributed by atoms with Crippen molar-refractivity contribution < 1.29 is 4.79 Å². The summed E-state index contributed by atoms with van der Waals surface area (Å²) in [5, 5.41) is 12.4. The molecule has 1 rings (SSSR count). The van der Waals surface area contributed by atoms with Crippen LogP contribution in [0.5, 0.6) is 0 Å². The lowest BCUT2D eigenvalue weighted by atomic mass is 10.2. The summed E-state index contributed by atoms with van der Waals surface area (Å²) in [4.78, 5) is 10.5. The van der Waals surface area contributed by atoms with E-state index in [1.807, 2.05) is 6.07 Å². The van der Waals surface area contributed by atoms with Crippen LogP contribution in [0, 0.1) is 11.3 Å². The molecule has 0 radical (unpaired) electrons. The summed E-state index contributed by atoms with van der Waals surface area (Å²) < 4.78 is 0. The topological polar surface area (TPSA) is 65.2 Å². The number of hydrogen-bond donors (Lipinski definition) is 1. The van der Waals surface area contributed by atoms with Crippen LogP contribution in [0.2, 0.25) is 0 Å². The molecule has 0 fully saturated rings. The highest BCUT2D eigenvalue weighted by Crippen LogP contribution is 2.12. The second-order valence-electron chi connectivity index (χ2n) is 2.64. The molecular weight excluding hydrogens is 178 g/mol. The largest absolute Gasteiger partial charge is 0.293 e. The van der Waals surface area contributed by atoms with Crippen LogP contribution < -0.4 is 5.43 Å². The number of nitrogens with zero attached hydrogens (tertiary/aromatic N) is 2. The SMILES string of the molecule is CC(=O)/C=N/Nc1ccccc1C#N. The van der Waals surface area contributed by atoms with E-state index in [0.717, 1.165) is 6.21 Å². The molecule has 0 aromatic heterocycles. The molecule has 1 aromatic carbocycles. The highest BCUT2D eigenvalue weighted by molar-refractivity contribution is 6.26. The summed E-state index contributed by atoms with van der Waals surface area (Å²) in [6, 6.07) is 8.95. The first-order chi connectivity index (χ1) is 6.74. The number of Topliss-reactive ketones (excluding diaryl/α,β-unsaturated/α-hetero) is 1. The highest BCUT2D eigenvalue weighted by Gasteiger charge is 1.97. The zero-order valence-electron chi connectivity index (χ0n) is 7.69. The Labute approximate surface area is 81.9 Å². The van der Waals surface area contributed by atoms with Gasteiger partial charge in [0, 0.05) is 6.92 Å². The smallest absolute Gasteiger partial charge is 0.172 e. The molecule has 1 aromatic rings. The Bertz CT molecular complexity index is 404. The summed E-state index contributed by atoms with van der Waals surface area (Å²) in [7, 11) is 0. The molecule has 0 saturated carbocycles. The van der Waals surface area contributed by atoms with Crippen molar-refractivity contribution in [1.29, 1.82) is 5.26 Å². The van der Waals surface area contributed by atoms with Gasteiger partial charge in [0.05, 0.1) is 17.5 Å². The molecule has 70 valence electrons. The number of nitriles is 1. The Morgan fingerprint density at radius 2 is 2.29 bits per heavy atom. The molecule has 0 aliphatic rings. The van der Waals surface area contributed by atoms with E-state index in [2.05, 4.69) is 10.5 Å². The molecule has 4 heteroatoms. The van der Waals surface area contributed by atoms with E-state index in [9.17, 15) is 4.79 Å². The molecule has 0 aliphatic carbocycles. The molecule has 0 spiro atoms. The third kappa shape index (κ3) is 2.72. The summed E-state index contributed by atoms with van der Waals surface area (Å²) in [5.74, 6) is -0.146. The highest BCUT2D eigenvalue weighted by atomic mass is 16.1. The first kappa shape index (κ1) is 9.93. The van der Waals surface area contributed by atoms with E-state index in [1.54, 1.807) is 24.3 Å².